The van der Waals surface area contributed by atoms with Crippen molar-refractivity contribution in [3.63, 3.8) is 0 Å². The highest BCUT2D eigenvalue weighted by molar-refractivity contribution is 6.13. The number of carbonyl (C=O) groups is 2. The number of carboxylic acid groups (broad SMARTS) is 1. The van der Waals surface area contributed by atoms with E-state index in [1.54, 1.807) is 32.4 Å². The lowest BCUT2D eigenvalue weighted by Gasteiger charge is -2.13. The Morgan fingerprint density at radius 2 is 1.77 bits per heavy atom. The second-order valence-electron chi connectivity index (χ2n) is 7.37. The van der Waals surface area contributed by atoms with Gasteiger partial charge in [0, 0.05) is 40.2 Å². The Balaban J connectivity index is 1.95. The molecule has 0 saturated carbocycles. The van der Waals surface area contributed by atoms with Crippen LogP contribution in [0.5, 0.6) is 11.5 Å². The van der Waals surface area contributed by atoms with Crippen molar-refractivity contribution in [1.82, 2.24) is 9.97 Å². The molecule has 0 aliphatic carbocycles. The van der Waals surface area contributed by atoms with Crippen LogP contribution in [0, 0.1) is 5.92 Å². The zero-order valence-electron chi connectivity index (χ0n) is 17.4. The minimum absolute atomic E-state index is 0.186. The first-order valence-corrected chi connectivity index (χ1v) is 9.80. The molecule has 0 aliphatic heterocycles. The number of nitrogens with one attached hydrogen (secondary N) is 1. The lowest BCUT2D eigenvalue weighted by molar-refractivity contribution is -0.310. The van der Waals surface area contributed by atoms with Crippen LogP contribution in [0.3, 0.4) is 0 Å². The van der Waals surface area contributed by atoms with Crippen molar-refractivity contribution in [2.45, 2.75) is 13.3 Å². The average molecular weight is 417 g/mol. The fraction of sp³-hybridized carbons (Fsp3) is 0.208. The Bertz CT molecular complexity index is 1310. The molecule has 0 spiro atoms. The third-order valence-corrected chi connectivity index (χ3v) is 5.33. The van der Waals surface area contributed by atoms with Crippen LogP contribution < -0.4 is 14.6 Å². The number of ether oxygens (including phenoxy) is 2. The van der Waals surface area contributed by atoms with Gasteiger partial charge in [-0.25, -0.2) is 4.98 Å². The number of aromatic nitrogens is 2. The number of rotatable bonds is 7. The number of carbonyl (C=O) groups excluding carboxylic acids is 2. The van der Waals surface area contributed by atoms with E-state index in [4.69, 9.17) is 9.47 Å². The van der Waals surface area contributed by atoms with Gasteiger partial charge >= 0.3 is 0 Å². The molecular weight excluding hydrogens is 396 g/mol. The van der Waals surface area contributed by atoms with Gasteiger partial charge in [0.15, 0.2) is 17.3 Å². The largest absolute Gasteiger partial charge is 0.550 e. The molecule has 2 heterocycles. The first-order chi connectivity index (χ1) is 14.9. The van der Waals surface area contributed by atoms with E-state index in [1.807, 2.05) is 30.3 Å². The molecule has 2 aromatic carbocycles. The molecule has 0 fully saturated rings. The molecule has 4 rings (SSSR count). The predicted octanol–water partition coefficient (Wildman–Crippen LogP) is 3.36. The molecule has 0 aliphatic rings. The highest BCUT2D eigenvalue weighted by Gasteiger charge is 2.20. The van der Waals surface area contributed by atoms with E-state index >= 15 is 0 Å². The Morgan fingerprint density at radius 3 is 2.48 bits per heavy atom. The fourth-order valence-corrected chi connectivity index (χ4v) is 3.65. The Kier molecular flexibility index (Phi) is 5.33. The van der Waals surface area contributed by atoms with Crippen molar-refractivity contribution in [3.05, 3.63) is 54.2 Å². The molecule has 4 aromatic rings. The van der Waals surface area contributed by atoms with Crippen molar-refractivity contribution in [3.8, 4) is 22.8 Å². The summed E-state index contributed by atoms with van der Waals surface area (Å²) in [6, 6.07) is 14.9. The summed E-state index contributed by atoms with van der Waals surface area (Å²) in [6.45, 7) is 1.45. The zero-order chi connectivity index (χ0) is 22.1. The van der Waals surface area contributed by atoms with Gasteiger partial charge in [0.05, 0.1) is 25.4 Å². The minimum Gasteiger partial charge on any atom is -0.550 e. The molecular formula is C24H21N2O5-. The van der Waals surface area contributed by atoms with Crippen LogP contribution in [-0.4, -0.2) is 35.9 Å². The first-order valence-electron chi connectivity index (χ1n) is 9.80. The molecule has 0 amide bonds. The first kappa shape index (κ1) is 20.4. The molecule has 0 saturated heterocycles. The normalized spacial score (nSPS) is 12.1. The maximum absolute atomic E-state index is 12.9. The molecule has 0 bridgehead atoms. The van der Waals surface area contributed by atoms with E-state index in [1.165, 1.54) is 6.92 Å². The van der Waals surface area contributed by atoms with Crippen LogP contribution in [0.25, 0.3) is 33.1 Å². The number of fused-ring (bicyclic) bond motifs is 3. The van der Waals surface area contributed by atoms with Gasteiger partial charge in [-0.05, 0) is 30.3 Å². The van der Waals surface area contributed by atoms with Gasteiger partial charge in [-0.1, -0.05) is 25.1 Å². The second-order valence-corrected chi connectivity index (χ2v) is 7.37. The molecule has 31 heavy (non-hydrogen) atoms. The maximum Gasteiger partial charge on any atom is 0.181 e. The molecule has 0 radical (unpaired) electrons. The average Bonchev–Trinajstić information content (AvgIpc) is 3.16. The van der Waals surface area contributed by atoms with Gasteiger partial charge in [-0.2, -0.15) is 0 Å². The molecule has 1 N–H and O–H groups in total. The predicted molar refractivity (Wildman–Crippen MR) is 115 cm³/mol. The van der Waals surface area contributed by atoms with Crippen molar-refractivity contribution < 1.29 is 24.2 Å². The van der Waals surface area contributed by atoms with Gasteiger partial charge in [-0.3, -0.25) is 4.79 Å². The summed E-state index contributed by atoms with van der Waals surface area (Å²) in [4.78, 5) is 32.0. The number of ketones is 1. The van der Waals surface area contributed by atoms with Crippen LogP contribution in [-0.2, 0) is 4.79 Å². The Morgan fingerprint density at radius 1 is 1.03 bits per heavy atom. The number of pyridine rings is 1. The minimum atomic E-state index is -1.26. The lowest BCUT2D eigenvalue weighted by atomic mass is 10.0. The van der Waals surface area contributed by atoms with Crippen LogP contribution in [0.15, 0.2) is 48.5 Å². The smallest absolute Gasteiger partial charge is 0.181 e. The maximum atomic E-state index is 12.9. The third-order valence-electron chi connectivity index (χ3n) is 5.33. The van der Waals surface area contributed by atoms with Gasteiger partial charge in [0.2, 0.25) is 0 Å². The van der Waals surface area contributed by atoms with E-state index in [0.29, 0.717) is 17.2 Å². The van der Waals surface area contributed by atoms with Gasteiger partial charge in [0.25, 0.3) is 0 Å². The zero-order valence-corrected chi connectivity index (χ0v) is 17.4. The number of methoxy groups -OCH3 is 2. The summed E-state index contributed by atoms with van der Waals surface area (Å²) in [5.41, 5.74) is 3.19. The summed E-state index contributed by atoms with van der Waals surface area (Å²) < 4.78 is 10.7. The highest BCUT2D eigenvalue weighted by Crippen LogP contribution is 2.37. The number of hydrogen-bond donors (Lipinski definition) is 1. The number of aliphatic carboxylic acids is 1. The molecule has 7 nitrogen and oxygen atoms in total. The van der Waals surface area contributed by atoms with Crippen LogP contribution >= 0.6 is 0 Å². The van der Waals surface area contributed by atoms with Crippen molar-refractivity contribution in [2.75, 3.05) is 14.2 Å². The Labute approximate surface area is 178 Å². The second kappa shape index (κ2) is 8.10. The molecule has 1 atom stereocenters. The molecule has 1 unspecified atom stereocenters. The molecule has 2 aromatic heterocycles. The number of aromatic amines is 1. The van der Waals surface area contributed by atoms with Crippen LogP contribution in [0.2, 0.25) is 0 Å². The topological polar surface area (TPSA) is 104 Å². The van der Waals surface area contributed by atoms with Gasteiger partial charge in [0.1, 0.15) is 5.69 Å². The number of para-hydroxylation sites is 1. The van der Waals surface area contributed by atoms with Crippen LogP contribution in [0.4, 0.5) is 0 Å². The SMILES string of the molecule is COc1ccc(-c2nc(C(=O)CC(C)C(=O)[O-])cc3c2[nH]c2ccccc23)cc1OC. The monoisotopic (exact) mass is 417 g/mol. The highest BCUT2D eigenvalue weighted by atomic mass is 16.5. The number of nitrogens with zero attached hydrogens (tertiary/aromatic N) is 1. The van der Waals surface area contributed by atoms with E-state index in [-0.39, 0.29) is 17.9 Å². The standard InChI is InChI=1S/C24H22N2O5/c1-13(24(28)29)10-19(27)18-12-16-15-6-4-5-7-17(15)25-23(16)22(26-18)14-8-9-20(30-2)21(11-14)31-3/h4-9,11-13,25H,10H2,1-3H3,(H,28,29)/p-1. The summed E-state index contributed by atoms with van der Waals surface area (Å²) in [6.07, 6.45) is -0.186. The van der Waals surface area contributed by atoms with Crippen LogP contribution in [0.1, 0.15) is 23.8 Å². The van der Waals surface area contributed by atoms with E-state index in [0.717, 1.165) is 27.4 Å². The van der Waals surface area contributed by atoms with Gasteiger partial charge in [-0.15, -0.1) is 0 Å². The van der Waals surface area contributed by atoms with Crippen molar-refractivity contribution in [2.24, 2.45) is 5.92 Å². The van der Waals surface area contributed by atoms with E-state index in [2.05, 4.69) is 9.97 Å². The summed E-state index contributed by atoms with van der Waals surface area (Å²) in [7, 11) is 3.11. The number of Topliss-reactive ketones (excluding diaryl/α,β-unsaturated/α-hetero) is 1. The number of benzene rings is 2. The molecule has 7 heteroatoms. The lowest BCUT2D eigenvalue weighted by Crippen LogP contribution is -2.31. The number of hydrogen-bond acceptors (Lipinski definition) is 6. The van der Waals surface area contributed by atoms with Gasteiger partial charge < -0.3 is 24.4 Å². The fourth-order valence-electron chi connectivity index (χ4n) is 3.65. The number of H-pyrrole nitrogens is 1. The number of carboxylic acids is 1. The third kappa shape index (κ3) is 3.70. The van der Waals surface area contributed by atoms with Crippen molar-refractivity contribution >= 4 is 33.6 Å². The summed E-state index contributed by atoms with van der Waals surface area (Å²) >= 11 is 0. The van der Waals surface area contributed by atoms with Crippen molar-refractivity contribution in [1.29, 1.82) is 0 Å². The quantitative estimate of drug-likeness (QED) is 0.463. The Hall–Kier alpha value is -3.87. The van der Waals surface area contributed by atoms with E-state index < -0.39 is 11.9 Å². The van der Waals surface area contributed by atoms with E-state index in [9.17, 15) is 14.7 Å². The molecule has 158 valence electrons. The summed E-state index contributed by atoms with van der Waals surface area (Å²) in [5.74, 6) is -1.41. The summed E-state index contributed by atoms with van der Waals surface area (Å²) in [5, 5.41) is 12.9.